The second-order valence-electron chi connectivity index (χ2n) is 4.77. The Hall–Kier alpha value is -1.16. The van der Waals surface area contributed by atoms with E-state index in [1.165, 1.54) is 12.6 Å². The molecule has 1 aliphatic rings. The number of rotatable bonds is 4. The van der Waals surface area contributed by atoms with Crippen molar-refractivity contribution in [2.75, 3.05) is 13.1 Å². The molecule has 0 N–H and O–H groups in total. The van der Waals surface area contributed by atoms with Gasteiger partial charge in [0.1, 0.15) is 5.76 Å². The molecule has 1 fully saturated rings. The van der Waals surface area contributed by atoms with Crippen LogP contribution in [0.2, 0.25) is 0 Å². The number of aromatic nitrogens is 1. The summed E-state index contributed by atoms with van der Waals surface area (Å²) in [5, 5.41) is 3.67. The van der Waals surface area contributed by atoms with Crippen molar-refractivity contribution in [2.24, 2.45) is 5.92 Å². The van der Waals surface area contributed by atoms with Crippen molar-refractivity contribution in [3.05, 3.63) is 17.5 Å². The minimum Gasteiger partial charge on any atom is -0.361 e. The predicted octanol–water partition coefficient (Wildman–Crippen LogP) is 1.76. The Kier molecular flexibility index (Phi) is 3.39. The van der Waals surface area contributed by atoms with Crippen LogP contribution < -0.4 is 0 Å². The van der Waals surface area contributed by atoms with Gasteiger partial charge in [-0.2, -0.15) is 0 Å². The lowest BCUT2D eigenvalue weighted by molar-refractivity contribution is 0.112. The second kappa shape index (κ2) is 4.78. The summed E-state index contributed by atoms with van der Waals surface area (Å²) in [4.78, 5) is 13.2. The molecule has 2 rings (SSSR count). The first kappa shape index (κ1) is 11.3. The summed E-state index contributed by atoms with van der Waals surface area (Å²) in [6, 6.07) is 0.602. The molecule has 88 valence electrons. The molecule has 0 radical (unpaired) electrons. The van der Waals surface area contributed by atoms with E-state index in [4.69, 9.17) is 4.52 Å². The SMILES string of the molecule is CC(C)N1CCC(Cc2oncc2C=O)C1. The lowest BCUT2D eigenvalue weighted by Gasteiger charge is -2.19. The van der Waals surface area contributed by atoms with E-state index in [1.54, 1.807) is 0 Å². The van der Waals surface area contributed by atoms with Crippen molar-refractivity contribution in [3.63, 3.8) is 0 Å². The third kappa shape index (κ3) is 2.32. The zero-order chi connectivity index (χ0) is 11.5. The van der Waals surface area contributed by atoms with Gasteiger partial charge in [0.05, 0.1) is 11.8 Å². The van der Waals surface area contributed by atoms with Gasteiger partial charge in [-0.1, -0.05) is 5.16 Å². The molecule has 1 unspecified atom stereocenters. The normalized spacial score (nSPS) is 21.8. The maximum absolute atomic E-state index is 10.7. The van der Waals surface area contributed by atoms with Gasteiger partial charge in [-0.25, -0.2) is 0 Å². The van der Waals surface area contributed by atoms with E-state index in [2.05, 4.69) is 23.9 Å². The molecule has 1 aromatic heterocycles. The van der Waals surface area contributed by atoms with E-state index in [9.17, 15) is 4.79 Å². The molecule has 1 atom stereocenters. The molecule has 0 aliphatic carbocycles. The minimum atomic E-state index is 0.592. The summed E-state index contributed by atoms with van der Waals surface area (Å²) in [6.07, 6.45) is 4.33. The predicted molar refractivity (Wildman–Crippen MR) is 60.4 cm³/mol. The maximum Gasteiger partial charge on any atom is 0.155 e. The van der Waals surface area contributed by atoms with Crippen LogP contribution in [0.25, 0.3) is 0 Å². The first-order chi connectivity index (χ1) is 7.70. The van der Waals surface area contributed by atoms with Crippen LogP contribution in [0.1, 0.15) is 36.4 Å². The number of hydrogen-bond donors (Lipinski definition) is 0. The van der Waals surface area contributed by atoms with Crippen LogP contribution in [0.5, 0.6) is 0 Å². The smallest absolute Gasteiger partial charge is 0.155 e. The van der Waals surface area contributed by atoms with Crippen LogP contribution in [0.3, 0.4) is 0 Å². The Balaban J connectivity index is 1.94. The summed E-state index contributed by atoms with van der Waals surface area (Å²) in [5.41, 5.74) is 0.600. The van der Waals surface area contributed by atoms with Gasteiger partial charge in [-0.3, -0.25) is 4.79 Å². The van der Waals surface area contributed by atoms with Gasteiger partial charge in [0.15, 0.2) is 6.29 Å². The van der Waals surface area contributed by atoms with Crippen molar-refractivity contribution < 1.29 is 9.32 Å². The average Bonchev–Trinajstić information content (AvgIpc) is 2.87. The molecular weight excluding hydrogens is 204 g/mol. The standard InChI is InChI=1S/C12H18N2O2/c1-9(2)14-4-3-10(7-14)5-12-11(8-15)6-13-16-12/h6,8-10H,3-5,7H2,1-2H3. The summed E-state index contributed by atoms with van der Waals surface area (Å²) in [7, 11) is 0. The number of likely N-dealkylation sites (tertiary alicyclic amines) is 1. The van der Waals surface area contributed by atoms with Crippen LogP contribution in [0.15, 0.2) is 10.7 Å². The molecule has 0 bridgehead atoms. The first-order valence-electron chi connectivity index (χ1n) is 5.83. The molecule has 4 heteroatoms. The van der Waals surface area contributed by atoms with Crippen LogP contribution in [-0.2, 0) is 6.42 Å². The average molecular weight is 222 g/mol. The Bertz CT molecular complexity index is 360. The van der Waals surface area contributed by atoms with E-state index in [1.807, 2.05) is 0 Å². The van der Waals surface area contributed by atoms with Gasteiger partial charge in [-0.05, 0) is 32.7 Å². The molecule has 1 aliphatic heterocycles. The van der Waals surface area contributed by atoms with Gasteiger partial charge in [0.25, 0.3) is 0 Å². The lowest BCUT2D eigenvalue weighted by Crippen LogP contribution is -2.28. The topological polar surface area (TPSA) is 46.3 Å². The highest BCUT2D eigenvalue weighted by Crippen LogP contribution is 2.23. The third-order valence-corrected chi connectivity index (χ3v) is 3.33. The summed E-state index contributed by atoms with van der Waals surface area (Å²) < 4.78 is 5.11. The molecular formula is C12H18N2O2. The zero-order valence-electron chi connectivity index (χ0n) is 9.85. The molecule has 0 aromatic carbocycles. The number of carbonyl (C=O) groups is 1. The number of hydrogen-bond acceptors (Lipinski definition) is 4. The van der Waals surface area contributed by atoms with Gasteiger partial charge in [0.2, 0.25) is 0 Å². The molecule has 0 saturated carbocycles. The Labute approximate surface area is 95.6 Å². The largest absolute Gasteiger partial charge is 0.361 e. The number of carbonyl (C=O) groups excluding carboxylic acids is 1. The van der Waals surface area contributed by atoms with Crippen molar-refractivity contribution in [1.29, 1.82) is 0 Å². The molecule has 4 nitrogen and oxygen atoms in total. The highest BCUT2D eigenvalue weighted by atomic mass is 16.5. The van der Waals surface area contributed by atoms with Gasteiger partial charge in [-0.15, -0.1) is 0 Å². The van der Waals surface area contributed by atoms with Crippen molar-refractivity contribution in [1.82, 2.24) is 10.1 Å². The van der Waals surface area contributed by atoms with Crippen LogP contribution in [0, 0.1) is 5.92 Å². The van der Waals surface area contributed by atoms with Crippen molar-refractivity contribution in [3.8, 4) is 0 Å². The van der Waals surface area contributed by atoms with Gasteiger partial charge in [0, 0.05) is 19.0 Å². The minimum absolute atomic E-state index is 0.592. The number of nitrogens with zero attached hydrogens (tertiary/aromatic N) is 2. The van der Waals surface area contributed by atoms with Gasteiger partial charge < -0.3 is 9.42 Å². The Morgan fingerprint density at radius 2 is 2.50 bits per heavy atom. The van der Waals surface area contributed by atoms with E-state index in [-0.39, 0.29) is 0 Å². The maximum atomic E-state index is 10.7. The van der Waals surface area contributed by atoms with Crippen molar-refractivity contribution >= 4 is 6.29 Å². The van der Waals surface area contributed by atoms with E-state index >= 15 is 0 Å². The van der Waals surface area contributed by atoms with Crippen LogP contribution >= 0.6 is 0 Å². The highest BCUT2D eigenvalue weighted by Gasteiger charge is 2.26. The quantitative estimate of drug-likeness (QED) is 0.728. The van der Waals surface area contributed by atoms with Gasteiger partial charge >= 0.3 is 0 Å². The lowest BCUT2D eigenvalue weighted by atomic mass is 10.0. The summed E-state index contributed by atoms with van der Waals surface area (Å²) in [6.45, 7) is 6.67. The van der Waals surface area contributed by atoms with E-state index < -0.39 is 0 Å². The zero-order valence-corrected chi connectivity index (χ0v) is 9.85. The molecule has 16 heavy (non-hydrogen) atoms. The first-order valence-corrected chi connectivity index (χ1v) is 5.83. The summed E-state index contributed by atoms with van der Waals surface area (Å²) in [5.74, 6) is 1.33. The molecule has 0 spiro atoms. The van der Waals surface area contributed by atoms with Crippen molar-refractivity contribution in [2.45, 2.75) is 32.7 Å². The fraction of sp³-hybridized carbons (Fsp3) is 0.667. The highest BCUT2D eigenvalue weighted by molar-refractivity contribution is 5.75. The fourth-order valence-electron chi connectivity index (χ4n) is 2.28. The molecule has 1 saturated heterocycles. The Morgan fingerprint density at radius 3 is 3.12 bits per heavy atom. The monoisotopic (exact) mass is 222 g/mol. The van der Waals surface area contributed by atoms with E-state index in [0.29, 0.717) is 17.5 Å². The van der Waals surface area contributed by atoms with Crippen LogP contribution in [0.4, 0.5) is 0 Å². The third-order valence-electron chi connectivity index (χ3n) is 3.33. The summed E-state index contributed by atoms with van der Waals surface area (Å²) >= 11 is 0. The fourth-order valence-corrected chi connectivity index (χ4v) is 2.28. The molecule has 0 amide bonds. The van der Waals surface area contributed by atoms with E-state index in [0.717, 1.165) is 31.6 Å². The molecule has 1 aromatic rings. The second-order valence-corrected chi connectivity index (χ2v) is 4.77. The molecule has 2 heterocycles. The number of aldehydes is 1. The Morgan fingerprint density at radius 1 is 1.69 bits per heavy atom. The van der Waals surface area contributed by atoms with Crippen LogP contribution in [-0.4, -0.2) is 35.5 Å².